The quantitative estimate of drug-likeness (QED) is 0.639. The highest BCUT2D eigenvalue weighted by atomic mass is 35.5. The molecule has 0 aliphatic carbocycles. The molecule has 1 unspecified atom stereocenters. The van der Waals surface area contributed by atoms with Gasteiger partial charge in [-0.3, -0.25) is 0 Å². The number of alkyl halides is 1. The van der Waals surface area contributed by atoms with Crippen molar-refractivity contribution in [2.75, 3.05) is 13.7 Å². The smallest absolute Gasteiger partial charge is 0.337 e. The Morgan fingerprint density at radius 1 is 1.57 bits per heavy atom. The van der Waals surface area contributed by atoms with Crippen LogP contribution in [0.1, 0.15) is 22.6 Å². The van der Waals surface area contributed by atoms with Gasteiger partial charge >= 0.3 is 5.97 Å². The van der Waals surface area contributed by atoms with Crippen molar-refractivity contribution in [1.82, 2.24) is 9.55 Å². The molecule has 0 bridgehead atoms. The largest absolute Gasteiger partial charge is 0.465 e. The van der Waals surface area contributed by atoms with E-state index in [2.05, 4.69) is 4.98 Å². The molecule has 1 aliphatic rings. The Hall–Kier alpha value is -1.30. The third-order valence-corrected chi connectivity index (χ3v) is 4.13. The van der Waals surface area contributed by atoms with Crippen molar-refractivity contribution in [1.29, 1.82) is 0 Å². The molecule has 0 spiro atoms. The number of nitrogens with zero attached hydrogens (tertiary/aromatic N) is 2. The number of carbonyl (C=O) groups is 1. The highest BCUT2D eigenvalue weighted by Gasteiger charge is 2.23. The van der Waals surface area contributed by atoms with Crippen LogP contribution in [0.2, 0.25) is 5.02 Å². The van der Waals surface area contributed by atoms with E-state index in [0.29, 0.717) is 28.5 Å². The van der Waals surface area contributed by atoms with E-state index in [0.717, 1.165) is 18.5 Å². The van der Waals surface area contributed by atoms with E-state index in [-0.39, 0.29) is 12.0 Å². The van der Waals surface area contributed by atoms with Crippen LogP contribution in [0, 0.1) is 0 Å². The summed E-state index contributed by atoms with van der Waals surface area (Å²) in [5.74, 6) is 0.551. The van der Waals surface area contributed by atoms with Crippen LogP contribution in [-0.2, 0) is 21.9 Å². The zero-order chi connectivity index (χ0) is 15.0. The summed E-state index contributed by atoms with van der Waals surface area (Å²) < 4.78 is 12.2. The molecule has 112 valence electrons. The van der Waals surface area contributed by atoms with E-state index < -0.39 is 5.97 Å². The Bertz CT molecular complexity index is 695. The normalized spacial score (nSPS) is 17.8. The number of carbonyl (C=O) groups excluding carboxylic acids is 1. The van der Waals surface area contributed by atoms with Crippen LogP contribution in [-0.4, -0.2) is 35.3 Å². The third-order valence-electron chi connectivity index (χ3n) is 3.61. The van der Waals surface area contributed by atoms with Crippen LogP contribution < -0.4 is 0 Å². The molecule has 0 radical (unpaired) electrons. The number of rotatable bonds is 4. The molecule has 1 fully saturated rings. The lowest BCUT2D eigenvalue weighted by Crippen LogP contribution is -2.31. The second-order valence-electron chi connectivity index (χ2n) is 4.87. The van der Waals surface area contributed by atoms with Gasteiger partial charge in [-0.25, -0.2) is 9.78 Å². The molecule has 2 heterocycles. The van der Waals surface area contributed by atoms with Gasteiger partial charge < -0.3 is 14.0 Å². The van der Waals surface area contributed by atoms with Gasteiger partial charge in [0, 0.05) is 6.61 Å². The Morgan fingerprint density at radius 2 is 2.33 bits per heavy atom. The molecule has 1 saturated heterocycles. The summed E-state index contributed by atoms with van der Waals surface area (Å²) >= 11 is 12.2. The molecule has 2 aromatic rings. The maximum Gasteiger partial charge on any atom is 0.337 e. The van der Waals surface area contributed by atoms with Crippen molar-refractivity contribution in [3.05, 3.63) is 28.5 Å². The fourth-order valence-corrected chi connectivity index (χ4v) is 2.86. The minimum Gasteiger partial charge on any atom is -0.465 e. The van der Waals surface area contributed by atoms with Gasteiger partial charge in [0.15, 0.2) is 0 Å². The number of fused-ring (bicyclic) bond motifs is 1. The predicted octanol–water partition coefficient (Wildman–Crippen LogP) is 3.00. The van der Waals surface area contributed by atoms with Crippen molar-refractivity contribution >= 4 is 40.2 Å². The fourth-order valence-electron chi connectivity index (χ4n) is 2.40. The molecule has 21 heavy (non-hydrogen) atoms. The molecule has 0 saturated carbocycles. The van der Waals surface area contributed by atoms with Gasteiger partial charge in [-0.05, 0) is 18.6 Å². The lowest BCUT2D eigenvalue weighted by atomic mass is 10.1. The minimum atomic E-state index is -0.432. The van der Waals surface area contributed by atoms with Gasteiger partial charge in [0.2, 0.25) is 0 Å². The summed E-state index contributed by atoms with van der Waals surface area (Å²) in [4.78, 5) is 16.2. The van der Waals surface area contributed by atoms with Gasteiger partial charge in [0.1, 0.15) is 11.3 Å². The van der Waals surface area contributed by atoms with E-state index in [1.807, 2.05) is 4.57 Å². The van der Waals surface area contributed by atoms with E-state index >= 15 is 0 Å². The number of hydrogen-bond acceptors (Lipinski definition) is 4. The Morgan fingerprint density at radius 3 is 2.90 bits per heavy atom. The highest BCUT2D eigenvalue weighted by molar-refractivity contribution is 6.35. The molecule has 1 atom stereocenters. The average molecular weight is 329 g/mol. The second-order valence-corrected chi connectivity index (χ2v) is 5.55. The van der Waals surface area contributed by atoms with E-state index in [1.54, 1.807) is 12.1 Å². The number of halogens is 2. The summed E-state index contributed by atoms with van der Waals surface area (Å²) in [7, 11) is 1.34. The first-order chi connectivity index (χ1) is 10.1. The van der Waals surface area contributed by atoms with Crippen molar-refractivity contribution in [3.8, 4) is 0 Å². The van der Waals surface area contributed by atoms with E-state index in [9.17, 15) is 4.79 Å². The average Bonchev–Trinajstić information content (AvgIpc) is 2.80. The minimum absolute atomic E-state index is 0.157. The molecule has 3 rings (SSSR count). The fraction of sp³-hybridized carbons (Fsp3) is 0.429. The first-order valence-electron chi connectivity index (χ1n) is 6.58. The number of aromatic nitrogens is 2. The van der Waals surface area contributed by atoms with Crippen LogP contribution in [0.3, 0.4) is 0 Å². The van der Waals surface area contributed by atoms with Crippen LogP contribution >= 0.6 is 23.2 Å². The second kappa shape index (κ2) is 5.83. The first-order valence-corrected chi connectivity index (χ1v) is 7.50. The van der Waals surface area contributed by atoms with Crippen LogP contribution in [0.5, 0.6) is 0 Å². The van der Waals surface area contributed by atoms with E-state index in [4.69, 9.17) is 32.7 Å². The van der Waals surface area contributed by atoms with Crippen LogP contribution in [0.25, 0.3) is 11.0 Å². The first kappa shape index (κ1) is 14.6. The number of ether oxygens (including phenoxy) is 2. The van der Waals surface area contributed by atoms with Crippen LogP contribution in [0.4, 0.5) is 0 Å². The molecule has 0 N–H and O–H groups in total. The topological polar surface area (TPSA) is 53.3 Å². The Balaban J connectivity index is 2.12. The summed E-state index contributed by atoms with van der Waals surface area (Å²) in [5, 5.41) is 0.410. The Kier molecular flexibility index (Phi) is 4.06. The molecular weight excluding hydrogens is 315 g/mol. The van der Waals surface area contributed by atoms with Gasteiger partial charge in [0.25, 0.3) is 0 Å². The van der Waals surface area contributed by atoms with Gasteiger partial charge in [-0.2, -0.15) is 0 Å². The van der Waals surface area contributed by atoms with Gasteiger partial charge in [-0.15, -0.1) is 11.6 Å². The summed E-state index contributed by atoms with van der Waals surface area (Å²) in [6, 6.07) is 3.29. The SMILES string of the molecule is COC(=O)c1cc(Cl)c2nc(CCl)n(CC3CCO3)c2c1. The molecule has 1 aromatic carbocycles. The van der Waals surface area contributed by atoms with Gasteiger partial charge in [0.05, 0.1) is 41.7 Å². The maximum absolute atomic E-state index is 11.7. The summed E-state index contributed by atoms with van der Waals surface area (Å²) in [6.07, 6.45) is 1.16. The Labute approximate surface area is 131 Å². The zero-order valence-corrected chi connectivity index (χ0v) is 12.9. The van der Waals surface area contributed by atoms with Crippen molar-refractivity contribution in [2.45, 2.75) is 24.9 Å². The van der Waals surface area contributed by atoms with E-state index in [1.165, 1.54) is 7.11 Å². The molecule has 7 heteroatoms. The number of imidazole rings is 1. The predicted molar refractivity (Wildman–Crippen MR) is 80.0 cm³/mol. The maximum atomic E-state index is 11.7. The summed E-state index contributed by atoms with van der Waals surface area (Å²) in [6.45, 7) is 1.43. The van der Waals surface area contributed by atoms with Crippen molar-refractivity contribution in [2.24, 2.45) is 0 Å². The highest BCUT2D eigenvalue weighted by Crippen LogP contribution is 2.28. The molecule has 1 aliphatic heterocycles. The number of benzene rings is 1. The molecule has 5 nitrogen and oxygen atoms in total. The van der Waals surface area contributed by atoms with Crippen molar-refractivity contribution < 1.29 is 14.3 Å². The molecule has 0 amide bonds. The standard InChI is InChI=1S/C14H14Cl2N2O3/c1-20-14(19)8-4-10(16)13-11(5-8)18(12(6-15)17-13)7-9-2-3-21-9/h4-5,9H,2-3,6-7H2,1H3. The number of methoxy groups -OCH3 is 1. The number of hydrogen-bond donors (Lipinski definition) is 0. The zero-order valence-electron chi connectivity index (χ0n) is 11.4. The van der Waals surface area contributed by atoms with Crippen LogP contribution in [0.15, 0.2) is 12.1 Å². The lowest BCUT2D eigenvalue weighted by Gasteiger charge is -2.27. The summed E-state index contributed by atoms with van der Waals surface area (Å²) in [5.41, 5.74) is 1.81. The monoisotopic (exact) mass is 328 g/mol. The lowest BCUT2D eigenvalue weighted by molar-refractivity contribution is -0.0589. The van der Waals surface area contributed by atoms with Crippen molar-refractivity contribution in [3.63, 3.8) is 0 Å². The molecular formula is C14H14Cl2N2O3. The van der Waals surface area contributed by atoms with Gasteiger partial charge in [-0.1, -0.05) is 11.6 Å². The number of esters is 1. The third kappa shape index (κ3) is 2.61. The molecule has 1 aromatic heterocycles.